The van der Waals surface area contributed by atoms with Crippen LogP contribution in [0.4, 0.5) is 13.2 Å². The van der Waals surface area contributed by atoms with Gasteiger partial charge >= 0.3 is 6.18 Å². The van der Waals surface area contributed by atoms with E-state index in [1.165, 1.54) is 0 Å². The highest BCUT2D eigenvalue weighted by Crippen LogP contribution is 2.34. The quantitative estimate of drug-likeness (QED) is 0.894. The number of nitrogens with one attached hydrogen (secondary N) is 1. The van der Waals surface area contributed by atoms with E-state index in [4.69, 9.17) is 0 Å². The molecule has 1 aromatic rings. The van der Waals surface area contributed by atoms with Crippen molar-refractivity contribution in [2.75, 3.05) is 20.1 Å². The summed E-state index contributed by atoms with van der Waals surface area (Å²) in [5, 5.41) is 3.26. The highest BCUT2D eigenvalue weighted by Gasteiger charge is 2.34. The first-order chi connectivity index (χ1) is 9.38. The normalized spacial score (nSPS) is 17.7. The number of benzene rings is 1. The molecule has 1 heterocycles. The Kier molecular flexibility index (Phi) is 5.09. The van der Waals surface area contributed by atoms with Gasteiger partial charge in [0, 0.05) is 17.1 Å². The van der Waals surface area contributed by atoms with Crippen LogP contribution in [0.1, 0.15) is 24.0 Å². The molecule has 20 heavy (non-hydrogen) atoms. The van der Waals surface area contributed by atoms with Crippen LogP contribution < -0.4 is 5.32 Å². The number of rotatable bonds is 3. The molecule has 0 bridgehead atoms. The average molecular weight is 351 g/mol. The van der Waals surface area contributed by atoms with Crippen LogP contribution in [-0.2, 0) is 12.7 Å². The Morgan fingerprint density at radius 3 is 2.55 bits per heavy atom. The van der Waals surface area contributed by atoms with Crippen molar-refractivity contribution in [1.29, 1.82) is 0 Å². The highest BCUT2D eigenvalue weighted by molar-refractivity contribution is 9.10. The molecule has 1 aliphatic rings. The van der Waals surface area contributed by atoms with Gasteiger partial charge in [0.25, 0.3) is 0 Å². The molecule has 1 saturated heterocycles. The van der Waals surface area contributed by atoms with Crippen molar-refractivity contribution in [1.82, 2.24) is 10.2 Å². The highest BCUT2D eigenvalue weighted by atomic mass is 79.9. The Morgan fingerprint density at radius 2 is 1.95 bits per heavy atom. The molecule has 0 aliphatic carbocycles. The van der Waals surface area contributed by atoms with Crippen LogP contribution in [0.25, 0.3) is 0 Å². The van der Waals surface area contributed by atoms with Gasteiger partial charge in [0.05, 0.1) is 5.56 Å². The van der Waals surface area contributed by atoms with E-state index in [9.17, 15) is 13.2 Å². The maximum absolute atomic E-state index is 13.1. The molecule has 6 heteroatoms. The molecule has 0 spiro atoms. The van der Waals surface area contributed by atoms with Crippen molar-refractivity contribution in [2.24, 2.45) is 0 Å². The second-order valence-corrected chi connectivity index (χ2v) is 6.11. The minimum atomic E-state index is -4.31. The molecular weight excluding hydrogens is 333 g/mol. The zero-order valence-electron chi connectivity index (χ0n) is 11.3. The van der Waals surface area contributed by atoms with Crippen LogP contribution >= 0.6 is 15.9 Å². The van der Waals surface area contributed by atoms with Gasteiger partial charge in [0.2, 0.25) is 0 Å². The summed E-state index contributed by atoms with van der Waals surface area (Å²) in [5.74, 6) is 0. The zero-order valence-corrected chi connectivity index (χ0v) is 12.9. The summed E-state index contributed by atoms with van der Waals surface area (Å²) in [7, 11) is 1.90. The van der Waals surface area contributed by atoms with Gasteiger partial charge < -0.3 is 5.32 Å². The van der Waals surface area contributed by atoms with Crippen LogP contribution in [0.2, 0.25) is 0 Å². The van der Waals surface area contributed by atoms with Crippen LogP contribution in [-0.4, -0.2) is 31.1 Å². The van der Waals surface area contributed by atoms with Gasteiger partial charge in [0.1, 0.15) is 0 Å². The third-order valence-corrected chi connectivity index (χ3v) is 4.22. The second-order valence-electron chi connectivity index (χ2n) is 5.20. The van der Waals surface area contributed by atoms with E-state index in [-0.39, 0.29) is 0 Å². The van der Waals surface area contributed by atoms with Gasteiger partial charge in [-0.2, -0.15) is 13.2 Å². The fourth-order valence-electron chi connectivity index (χ4n) is 2.60. The first-order valence-corrected chi connectivity index (χ1v) is 7.44. The lowest BCUT2D eigenvalue weighted by Crippen LogP contribution is -2.41. The number of alkyl halides is 3. The molecule has 0 saturated carbocycles. The Labute approximate surface area is 125 Å². The molecule has 0 amide bonds. The van der Waals surface area contributed by atoms with Crippen molar-refractivity contribution in [3.63, 3.8) is 0 Å². The summed E-state index contributed by atoms with van der Waals surface area (Å²) in [6.07, 6.45) is -2.35. The van der Waals surface area contributed by atoms with E-state index in [1.807, 2.05) is 11.9 Å². The Morgan fingerprint density at radius 1 is 1.30 bits per heavy atom. The Hall–Kier alpha value is -0.590. The monoisotopic (exact) mass is 350 g/mol. The fourth-order valence-corrected chi connectivity index (χ4v) is 2.96. The molecule has 1 aliphatic heterocycles. The van der Waals surface area contributed by atoms with Crippen molar-refractivity contribution in [2.45, 2.75) is 31.6 Å². The molecule has 0 atom stereocenters. The summed E-state index contributed by atoms with van der Waals surface area (Å²) in [6.45, 7) is 2.19. The van der Waals surface area contributed by atoms with Gasteiger partial charge in [0.15, 0.2) is 0 Å². The second kappa shape index (κ2) is 6.45. The molecule has 1 fully saturated rings. The average Bonchev–Trinajstić information content (AvgIpc) is 2.40. The number of nitrogens with zero attached hydrogens (tertiary/aromatic N) is 1. The smallest absolute Gasteiger partial charge is 0.317 e. The largest absolute Gasteiger partial charge is 0.416 e. The topological polar surface area (TPSA) is 15.3 Å². The molecule has 2 rings (SSSR count). The summed E-state index contributed by atoms with van der Waals surface area (Å²) in [6, 6.07) is 4.73. The molecule has 2 nitrogen and oxygen atoms in total. The number of hydrogen-bond acceptors (Lipinski definition) is 2. The number of halogens is 4. The summed E-state index contributed by atoms with van der Waals surface area (Å²) >= 11 is 3.11. The molecule has 0 aromatic heterocycles. The maximum atomic E-state index is 13.1. The van der Waals surface area contributed by atoms with E-state index in [0.29, 0.717) is 22.6 Å². The lowest BCUT2D eigenvalue weighted by Gasteiger charge is -2.32. The van der Waals surface area contributed by atoms with Gasteiger partial charge in [-0.3, -0.25) is 4.90 Å². The van der Waals surface area contributed by atoms with Gasteiger partial charge in [-0.25, -0.2) is 0 Å². The minimum absolute atomic E-state index is 0.326. The van der Waals surface area contributed by atoms with Crippen LogP contribution in [0, 0.1) is 0 Å². The predicted octanol–water partition coefficient (Wildman–Crippen LogP) is 3.65. The van der Waals surface area contributed by atoms with E-state index < -0.39 is 11.7 Å². The SMILES string of the molecule is CN(Cc1ccc(Br)cc1C(F)(F)F)C1CCNCC1. The lowest BCUT2D eigenvalue weighted by atomic mass is 10.0. The van der Waals surface area contributed by atoms with E-state index >= 15 is 0 Å². The zero-order chi connectivity index (χ0) is 14.8. The predicted molar refractivity (Wildman–Crippen MR) is 76.5 cm³/mol. The molecule has 1 aromatic carbocycles. The first kappa shape index (κ1) is 15.8. The fraction of sp³-hybridized carbons (Fsp3) is 0.571. The third kappa shape index (κ3) is 3.96. The standard InChI is InChI=1S/C14H18BrF3N2/c1-20(12-4-6-19-7-5-12)9-10-2-3-11(15)8-13(10)14(16,17)18/h2-3,8,12,19H,4-7,9H2,1H3. The van der Waals surface area contributed by atoms with E-state index in [2.05, 4.69) is 21.2 Å². The number of piperidine rings is 1. The molecule has 1 N–H and O–H groups in total. The maximum Gasteiger partial charge on any atom is 0.416 e. The van der Waals surface area contributed by atoms with Crippen LogP contribution in [0.15, 0.2) is 22.7 Å². The molecule has 112 valence electrons. The van der Waals surface area contributed by atoms with Gasteiger partial charge in [-0.1, -0.05) is 22.0 Å². The van der Waals surface area contributed by atoms with E-state index in [0.717, 1.165) is 32.0 Å². The Bertz CT molecular complexity index is 456. The summed E-state index contributed by atoms with van der Waals surface area (Å²) < 4.78 is 39.7. The van der Waals surface area contributed by atoms with Gasteiger partial charge in [-0.05, 0) is 50.7 Å². The lowest BCUT2D eigenvalue weighted by molar-refractivity contribution is -0.138. The van der Waals surface area contributed by atoms with Crippen molar-refractivity contribution in [3.8, 4) is 0 Å². The molecule has 0 unspecified atom stereocenters. The van der Waals surface area contributed by atoms with Crippen LogP contribution in [0.3, 0.4) is 0 Å². The minimum Gasteiger partial charge on any atom is -0.317 e. The van der Waals surface area contributed by atoms with Crippen molar-refractivity contribution >= 4 is 15.9 Å². The number of hydrogen-bond donors (Lipinski definition) is 1. The molecule has 0 radical (unpaired) electrons. The summed E-state index contributed by atoms with van der Waals surface area (Å²) in [4.78, 5) is 2.03. The van der Waals surface area contributed by atoms with E-state index in [1.54, 1.807) is 12.1 Å². The van der Waals surface area contributed by atoms with Crippen molar-refractivity contribution < 1.29 is 13.2 Å². The third-order valence-electron chi connectivity index (χ3n) is 3.73. The van der Waals surface area contributed by atoms with Crippen molar-refractivity contribution in [3.05, 3.63) is 33.8 Å². The summed E-state index contributed by atoms with van der Waals surface area (Å²) in [5.41, 5.74) is -0.214. The Balaban J connectivity index is 2.16. The van der Waals surface area contributed by atoms with Crippen LogP contribution in [0.5, 0.6) is 0 Å². The van der Waals surface area contributed by atoms with Gasteiger partial charge in [-0.15, -0.1) is 0 Å². The molecular formula is C14H18BrF3N2. The first-order valence-electron chi connectivity index (χ1n) is 6.64.